The Morgan fingerprint density at radius 1 is 1.31 bits per heavy atom. The van der Waals surface area contributed by atoms with E-state index in [0.29, 0.717) is 28.4 Å². The summed E-state index contributed by atoms with van der Waals surface area (Å²) < 4.78 is 32.7. The summed E-state index contributed by atoms with van der Waals surface area (Å²) in [6, 6.07) is 10.00. The third kappa shape index (κ3) is 3.51. The highest BCUT2D eigenvalue weighted by Crippen LogP contribution is 2.42. The van der Waals surface area contributed by atoms with Crippen LogP contribution in [0.15, 0.2) is 47.6 Å². The minimum atomic E-state index is -0.739. The van der Waals surface area contributed by atoms with Gasteiger partial charge in [-0.1, -0.05) is 18.2 Å². The van der Waals surface area contributed by atoms with E-state index in [1.54, 1.807) is 24.3 Å². The minimum absolute atomic E-state index is 0.0743. The Balaban J connectivity index is 1.93. The normalized spacial score (nSPS) is 19.8. The van der Waals surface area contributed by atoms with Gasteiger partial charge in [-0.25, -0.2) is 4.39 Å². The van der Waals surface area contributed by atoms with E-state index in [9.17, 15) is 13.7 Å². The van der Waals surface area contributed by atoms with E-state index in [2.05, 4.69) is 10.0 Å². The quantitative estimate of drug-likeness (QED) is 0.344. The third-order valence-corrected chi connectivity index (χ3v) is 4.56. The van der Waals surface area contributed by atoms with E-state index in [0.717, 1.165) is 0 Å². The van der Waals surface area contributed by atoms with Crippen molar-refractivity contribution in [3.8, 4) is 5.75 Å². The van der Waals surface area contributed by atoms with Gasteiger partial charge in [-0.05, 0) is 52.5 Å². The van der Waals surface area contributed by atoms with Crippen molar-refractivity contribution in [1.29, 1.82) is 0 Å². The molecule has 0 aliphatic carbocycles. The van der Waals surface area contributed by atoms with Crippen LogP contribution in [-0.4, -0.2) is 24.7 Å². The van der Waals surface area contributed by atoms with Crippen molar-refractivity contribution in [1.82, 2.24) is 5.12 Å². The molecule has 1 aliphatic heterocycles. The van der Waals surface area contributed by atoms with Gasteiger partial charge in [-0.15, -0.1) is 9.60 Å². The number of ether oxygens (including phenoxy) is 1. The molecular weight excluding hydrogens is 342 g/mol. The number of methoxy groups -OCH3 is 1. The number of rotatable bonds is 4. The minimum Gasteiger partial charge on any atom is -0.497 e. The largest absolute Gasteiger partial charge is 0.497 e. The second kappa shape index (κ2) is 7.51. The molecule has 3 rings (SSSR count). The molecule has 1 saturated heterocycles. The first-order chi connectivity index (χ1) is 12.5. The van der Waals surface area contributed by atoms with Crippen LogP contribution in [0.1, 0.15) is 39.9 Å². The Labute approximate surface area is 148 Å². The molecule has 0 saturated carbocycles. The summed E-state index contributed by atoms with van der Waals surface area (Å²) in [6.45, 7) is 0.0743. The third-order valence-electron chi connectivity index (χ3n) is 4.56. The molecule has 2 aromatic carbocycles. The van der Waals surface area contributed by atoms with Crippen LogP contribution in [0.2, 0.25) is 0 Å². The van der Waals surface area contributed by atoms with E-state index >= 15 is 0 Å². The Morgan fingerprint density at radius 2 is 2.04 bits per heavy atom. The molecule has 2 unspecified atom stereocenters. The Hall–Kier alpha value is -2.96. The lowest BCUT2D eigenvalue weighted by atomic mass is 9.90. The van der Waals surface area contributed by atoms with Gasteiger partial charge in [0.2, 0.25) is 5.91 Å². The highest BCUT2D eigenvalue weighted by molar-refractivity contribution is 5.97. The predicted molar refractivity (Wildman–Crippen MR) is 90.8 cm³/mol. The summed E-state index contributed by atoms with van der Waals surface area (Å²) in [6.07, 6.45) is 0.408. The van der Waals surface area contributed by atoms with Gasteiger partial charge in [0.25, 0.3) is 0 Å². The number of halogens is 2. The molecule has 2 atom stereocenters. The van der Waals surface area contributed by atoms with Crippen LogP contribution >= 0.6 is 0 Å². The fourth-order valence-electron chi connectivity index (χ4n) is 3.30. The summed E-state index contributed by atoms with van der Waals surface area (Å²) in [5.41, 5.74) is 9.99. The average molecular weight is 358 g/mol. The fraction of sp³-hybridized carbons (Fsp3) is 0.278. The summed E-state index contributed by atoms with van der Waals surface area (Å²) in [7, 11) is 1.46. The Morgan fingerprint density at radius 3 is 2.69 bits per heavy atom. The molecule has 6 nitrogen and oxygen atoms in total. The second-order valence-corrected chi connectivity index (χ2v) is 6.03. The fourth-order valence-corrected chi connectivity index (χ4v) is 3.30. The van der Waals surface area contributed by atoms with E-state index in [4.69, 9.17) is 10.3 Å². The molecule has 1 amide bonds. The first-order valence-corrected chi connectivity index (χ1v) is 7.98. The molecule has 0 aromatic heterocycles. The van der Waals surface area contributed by atoms with E-state index in [1.165, 1.54) is 25.3 Å². The number of azide groups is 1. The van der Waals surface area contributed by atoms with Gasteiger partial charge < -0.3 is 4.74 Å². The number of carbonyl (C=O) groups excluding carboxylic acids is 1. The smallest absolute Gasteiger partial charge is 0.249 e. The zero-order valence-electron chi connectivity index (χ0n) is 14.0. The summed E-state index contributed by atoms with van der Waals surface area (Å²) >= 11 is 0. The van der Waals surface area contributed by atoms with Gasteiger partial charge in [0.1, 0.15) is 11.6 Å². The number of carbonyl (C=O) groups is 1. The molecule has 2 aromatic rings. The van der Waals surface area contributed by atoms with E-state index in [1.807, 2.05) is 0 Å². The lowest BCUT2D eigenvalue weighted by Gasteiger charge is -2.15. The lowest BCUT2D eigenvalue weighted by molar-refractivity contribution is 0.00919. The molecule has 8 heteroatoms. The van der Waals surface area contributed by atoms with Gasteiger partial charge in [-0.3, -0.25) is 4.79 Å². The van der Waals surface area contributed by atoms with Crippen molar-refractivity contribution in [2.75, 3.05) is 13.7 Å². The van der Waals surface area contributed by atoms with Crippen LogP contribution in [0.25, 0.3) is 10.4 Å². The van der Waals surface area contributed by atoms with Crippen molar-refractivity contribution in [2.45, 2.75) is 18.4 Å². The standard InChI is InChI=1S/C18H16F2N4O2/c1-26-14-6-7-15(16(9-14)18(25)22-23-21)12-8-17(24(20)10-12)11-2-4-13(19)5-3-11/h2-7,9,12,17H,8,10H2,1H3. The van der Waals surface area contributed by atoms with Crippen molar-refractivity contribution in [3.05, 3.63) is 75.4 Å². The van der Waals surface area contributed by atoms with Crippen molar-refractivity contribution < 1.29 is 18.4 Å². The van der Waals surface area contributed by atoms with Crippen LogP contribution in [-0.2, 0) is 0 Å². The zero-order chi connectivity index (χ0) is 18.7. The highest BCUT2D eigenvalue weighted by Gasteiger charge is 2.36. The van der Waals surface area contributed by atoms with Crippen LogP contribution in [0.4, 0.5) is 8.87 Å². The molecule has 1 heterocycles. The van der Waals surface area contributed by atoms with Gasteiger partial charge in [0.05, 0.1) is 13.2 Å². The maximum absolute atomic E-state index is 14.5. The van der Waals surface area contributed by atoms with Crippen molar-refractivity contribution in [2.24, 2.45) is 5.11 Å². The number of hydrogen-bond acceptors (Lipinski definition) is 3. The molecule has 0 spiro atoms. The molecule has 0 bridgehead atoms. The van der Waals surface area contributed by atoms with Crippen LogP contribution in [0, 0.1) is 5.82 Å². The Bertz CT molecular complexity index is 866. The molecular formula is C18H16F2N4O2. The van der Waals surface area contributed by atoms with Crippen molar-refractivity contribution >= 4 is 5.91 Å². The number of nitrogens with zero attached hydrogens (tertiary/aromatic N) is 4. The van der Waals surface area contributed by atoms with Crippen LogP contribution in [0.5, 0.6) is 5.75 Å². The van der Waals surface area contributed by atoms with Gasteiger partial charge >= 0.3 is 0 Å². The van der Waals surface area contributed by atoms with Gasteiger partial charge in [-0.2, -0.15) is 0 Å². The number of amides is 1. The first kappa shape index (κ1) is 17.8. The molecule has 1 aliphatic rings. The molecule has 0 N–H and O–H groups in total. The molecule has 134 valence electrons. The Kier molecular flexibility index (Phi) is 5.16. The van der Waals surface area contributed by atoms with Gasteiger partial charge in [0, 0.05) is 22.9 Å². The molecule has 26 heavy (non-hydrogen) atoms. The lowest BCUT2D eigenvalue weighted by Crippen LogP contribution is -2.14. The predicted octanol–water partition coefficient (Wildman–Crippen LogP) is 4.70. The molecule has 1 fully saturated rings. The maximum Gasteiger partial charge on any atom is 0.249 e. The van der Waals surface area contributed by atoms with Crippen molar-refractivity contribution in [3.63, 3.8) is 0 Å². The monoisotopic (exact) mass is 358 g/mol. The number of benzene rings is 2. The van der Waals surface area contributed by atoms with Crippen LogP contribution in [0.3, 0.4) is 0 Å². The second-order valence-electron chi connectivity index (χ2n) is 6.03. The highest BCUT2D eigenvalue weighted by atomic mass is 19.2. The van der Waals surface area contributed by atoms with E-state index < -0.39 is 11.9 Å². The summed E-state index contributed by atoms with van der Waals surface area (Å²) in [5.74, 6) is -0.965. The molecule has 0 radical (unpaired) electrons. The van der Waals surface area contributed by atoms with E-state index in [-0.39, 0.29) is 23.8 Å². The SMILES string of the molecule is COc1ccc(C2CC(c3ccc(F)cc3)N(F)C2)c(C(=O)N=[N+]=[N-])c1. The first-order valence-electron chi connectivity index (χ1n) is 7.98. The van der Waals surface area contributed by atoms with Crippen LogP contribution < -0.4 is 4.74 Å². The maximum atomic E-state index is 14.5. The summed E-state index contributed by atoms with van der Waals surface area (Å²) in [4.78, 5) is 14.7. The number of hydrogen-bond donors (Lipinski definition) is 0. The van der Waals surface area contributed by atoms with Gasteiger partial charge in [0.15, 0.2) is 0 Å². The topological polar surface area (TPSA) is 78.3 Å². The summed E-state index contributed by atoms with van der Waals surface area (Å²) in [5, 5.41) is 3.83. The zero-order valence-corrected chi connectivity index (χ0v) is 14.0. The average Bonchev–Trinajstić information content (AvgIpc) is 3.03.